The van der Waals surface area contributed by atoms with Gasteiger partial charge in [0.15, 0.2) is 5.65 Å². The molecule has 2 aromatic heterocycles. The summed E-state index contributed by atoms with van der Waals surface area (Å²) in [6, 6.07) is 17.1. The van der Waals surface area contributed by atoms with Crippen molar-refractivity contribution < 1.29 is 9.90 Å². The third kappa shape index (κ3) is 3.89. The molecule has 4 aromatic rings. The van der Waals surface area contributed by atoms with Crippen LogP contribution in [0.3, 0.4) is 0 Å². The molecule has 0 aliphatic heterocycles. The van der Waals surface area contributed by atoms with Crippen molar-refractivity contribution in [1.29, 1.82) is 0 Å². The molecule has 2 N–H and O–H groups in total. The van der Waals surface area contributed by atoms with E-state index in [1.165, 1.54) is 11.1 Å². The fourth-order valence-electron chi connectivity index (χ4n) is 3.38. The Balaban J connectivity index is 1.73. The molecule has 2 aromatic carbocycles. The predicted octanol–water partition coefficient (Wildman–Crippen LogP) is 5.44. The van der Waals surface area contributed by atoms with Gasteiger partial charge in [-0.2, -0.15) is 4.98 Å². The minimum Gasteiger partial charge on any atom is -0.478 e. The van der Waals surface area contributed by atoms with Crippen LogP contribution in [0.1, 0.15) is 42.3 Å². The third-order valence-electron chi connectivity index (χ3n) is 5.00. The molecule has 0 bridgehead atoms. The molecule has 4 rings (SSSR count). The van der Waals surface area contributed by atoms with Gasteiger partial charge in [-0.3, -0.25) is 0 Å². The second kappa shape index (κ2) is 7.30. The van der Waals surface area contributed by atoms with Crippen LogP contribution < -0.4 is 5.32 Å². The van der Waals surface area contributed by atoms with E-state index in [0.29, 0.717) is 5.95 Å². The maximum atomic E-state index is 11.0. The van der Waals surface area contributed by atoms with Gasteiger partial charge in [-0.05, 0) is 59.9 Å². The Morgan fingerprint density at radius 3 is 2.47 bits per heavy atom. The number of carbonyl (C=O) groups is 1. The number of benzene rings is 2. The first-order valence-corrected chi connectivity index (χ1v) is 9.79. The molecule has 0 fully saturated rings. The Bertz CT molecular complexity index is 1230. The Morgan fingerprint density at radius 1 is 1.07 bits per heavy atom. The minimum absolute atomic E-state index is 0.0499. The number of nitrogens with zero attached hydrogens (tertiary/aromatic N) is 3. The fourth-order valence-corrected chi connectivity index (χ4v) is 3.38. The van der Waals surface area contributed by atoms with Crippen molar-refractivity contribution in [1.82, 2.24) is 14.6 Å². The smallest absolute Gasteiger partial charge is 0.335 e. The molecular weight excluding hydrogens is 376 g/mol. The Labute approximate surface area is 175 Å². The van der Waals surface area contributed by atoms with Crippen LogP contribution in [0.25, 0.3) is 16.8 Å². The van der Waals surface area contributed by atoms with Crippen molar-refractivity contribution in [2.45, 2.75) is 33.1 Å². The quantitative estimate of drug-likeness (QED) is 0.476. The van der Waals surface area contributed by atoms with E-state index < -0.39 is 5.97 Å². The van der Waals surface area contributed by atoms with Gasteiger partial charge in [0.2, 0.25) is 5.95 Å². The van der Waals surface area contributed by atoms with Crippen LogP contribution in [0.15, 0.2) is 60.8 Å². The highest BCUT2D eigenvalue weighted by molar-refractivity contribution is 5.88. The lowest BCUT2D eigenvalue weighted by Crippen LogP contribution is -2.11. The summed E-state index contributed by atoms with van der Waals surface area (Å²) < 4.78 is 1.75. The molecule has 0 radical (unpaired) electrons. The summed E-state index contributed by atoms with van der Waals surface area (Å²) in [6.07, 6.45) is 1.87. The van der Waals surface area contributed by atoms with Gasteiger partial charge in [0.05, 0.1) is 5.56 Å². The summed E-state index contributed by atoms with van der Waals surface area (Å²) in [5.41, 5.74) is 6.36. The number of carboxylic acids is 1. The summed E-state index contributed by atoms with van der Waals surface area (Å²) in [5, 5.41) is 16.7. The molecule has 152 valence electrons. The molecule has 0 aliphatic carbocycles. The van der Waals surface area contributed by atoms with Crippen LogP contribution in [0, 0.1) is 6.92 Å². The predicted molar refractivity (Wildman–Crippen MR) is 119 cm³/mol. The van der Waals surface area contributed by atoms with Gasteiger partial charge in [-0.15, -0.1) is 5.10 Å². The average molecular weight is 400 g/mol. The lowest BCUT2D eigenvalue weighted by Gasteiger charge is -2.21. The first-order valence-electron chi connectivity index (χ1n) is 9.79. The van der Waals surface area contributed by atoms with Crippen molar-refractivity contribution in [2.24, 2.45) is 0 Å². The fraction of sp³-hybridized carbons (Fsp3) is 0.208. The summed E-state index contributed by atoms with van der Waals surface area (Å²) >= 11 is 0. The normalized spacial score (nSPS) is 11.6. The Morgan fingerprint density at radius 2 is 1.80 bits per heavy atom. The number of aromatic carboxylic acids is 1. The molecule has 0 amide bonds. The van der Waals surface area contributed by atoms with Crippen LogP contribution in [-0.2, 0) is 5.41 Å². The standard InChI is InChI=1S/C24H24N4O2/c1-15-12-17(14-18(13-15)24(2,3)4)20-6-5-11-28-21(20)26-23(27-28)25-19-9-7-16(8-10-19)22(29)30/h5-14H,1-4H3,(H,25,27)(H,29,30). The van der Waals surface area contributed by atoms with E-state index in [1.807, 2.05) is 12.3 Å². The van der Waals surface area contributed by atoms with Crippen molar-refractivity contribution in [3.63, 3.8) is 0 Å². The van der Waals surface area contributed by atoms with E-state index in [9.17, 15) is 4.79 Å². The molecule has 0 atom stereocenters. The highest BCUT2D eigenvalue weighted by Crippen LogP contribution is 2.31. The second-order valence-corrected chi connectivity index (χ2v) is 8.47. The zero-order chi connectivity index (χ0) is 21.5. The maximum absolute atomic E-state index is 11.0. The van der Waals surface area contributed by atoms with Gasteiger partial charge in [0.1, 0.15) is 0 Å². The van der Waals surface area contributed by atoms with E-state index >= 15 is 0 Å². The summed E-state index contributed by atoms with van der Waals surface area (Å²) in [4.78, 5) is 15.7. The first kappa shape index (κ1) is 19.6. The van der Waals surface area contributed by atoms with Crippen LogP contribution in [0.4, 0.5) is 11.6 Å². The minimum atomic E-state index is -0.954. The molecule has 30 heavy (non-hydrogen) atoms. The number of nitrogens with one attached hydrogen (secondary N) is 1. The monoisotopic (exact) mass is 400 g/mol. The summed E-state index contributed by atoms with van der Waals surface area (Å²) in [6.45, 7) is 8.74. The van der Waals surface area contributed by atoms with E-state index in [2.05, 4.69) is 67.4 Å². The number of anilines is 2. The van der Waals surface area contributed by atoms with E-state index in [-0.39, 0.29) is 11.0 Å². The number of aryl methyl sites for hydroxylation is 1. The van der Waals surface area contributed by atoms with Crippen molar-refractivity contribution >= 4 is 23.3 Å². The van der Waals surface area contributed by atoms with Crippen LogP contribution in [0.2, 0.25) is 0 Å². The van der Waals surface area contributed by atoms with Crippen molar-refractivity contribution in [3.8, 4) is 11.1 Å². The van der Waals surface area contributed by atoms with Crippen LogP contribution in [-0.4, -0.2) is 25.7 Å². The Kier molecular flexibility index (Phi) is 4.78. The maximum Gasteiger partial charge on any atom is 0.335 e. The number of fused-ring (bicyclic) bond motifs is 1. The summed E-state index contributed by atoms with van der Waals surface area (Å²) in [7, 11) is 0. The van der Waals surface area contributed by atoms with Crippen LogP contribution in [0.5, 0.6) is 0 Å². The van der Waals surface area contributed by atoms with Crippen molar-refractivity contribution in [2.75, 3.05) is 5.32 Å². The highest BCUT2D eigenvalue weighted by Gasteiger charge is 2.17. The average Bonchev–Trinajstić information content (AvgIpc) is 3.09. The largest absolute Gasteiger partial charge is 0.478 e. The van der Waals surface area contributed by atoms with Gasteiger partial charge in [-0.25, -0.2) is 9.31 Å². The number of carboxylic acid groups (broad SMARTS) is 1. The molecule has 2 heterocycles. The number of hydrogen-bond donors (Lipinski definition) is 2. The van der Waals surface area contributed by atoms with E-state index in [4.69, 9.17) is 5.11 Å². The summed E-state index contributed by atoms with van der Waals surface area (Å²) in [5.74, 6) is -0.501. The Hall–Kier alpha value is -3.67. The van der Waals surface area contributed by atoms with Gasteiger partial charge >= 0.3 is 5.97 Å². The third-order valence-corrected chi connectivity index (χ3v) is 5.00. The molecule has 0 aliphatic rings. The molecule has 0 saturated heterocycles. The molecule has 0 saturated carbocycles. The molecular formula is C24H24N4O2. The van der Waals surface area contributed by atoms with Gasteiger partial charge in [0.25, 0.3) is 0 Å². The van der Waals surface area contributed by atoms with Crippen LogP contribution >= 0.6 is 0 Å². The molecule has 6 nitrogen and oxygen atoms in total. The number of aromatic nitrogens is 3. The number of pyridine rings is 1. The van der Waals surface area contributed by atoms with Gasteiger partial charge in [-0.1, -0.05) is 44.5 Å². The van der Waals surface area contributed by atoms with E-state index in [0.717, 1.165) is 22.5 Å². The zero-order valence-corrected chi connectivity index (χ0v) is 17.5. The SMILES string of the molecule is Cc1cc(-c2cccn3nc(Nc4ccc(C(=O)O)cc4)nc23)cc(C(C)(C)C)c1. The number of hydrogen-bond acceptors (Lipinski definition) is 4. The van der Waals surface area contributed by atoms with Crippen molar-refractivity contribution in [3.05, 3.63) is 77.5 Å². The lowest BCUT2D eigenvalue weighted by molar-refractivity contribution is 0.0697. The highest BCUT2D eigenvalue weighted by atomic mass is 16.4. The second-order valence-electron chi connectivity index (χ2n) is 8.47. The molecule has 0 spiro atoms. The molecule has 6 heteroatoms. The number of rotatable bonds is 4. The van der Waals surface area contributed by atoms with Gasteiger partial charge in [0, 0.05) is 17.4 Å². The topological polar surface area (TPSA) is 79.5 Å². The van der Waals surface area contributed by atoms with Gasteiger partial charge < -0.3 is 10.4 Å². The first-order chi connectivity index (χ1) is 14.2. The lowest BCUT2D eigenvalue weighted by atomic mass is 9.84. The van der Waals surface area contributed by atoms with E-state index in [1.54, 1.807) is 28.8 Å². The zero-order valence-electron chi connectivity index (χ0n) is 17.5. The molecule has 0 unspecified atom stereocenters.